The highest BCUT2D eigenvalue weighted by Crippen LogP contribution is 2.32. The van der Waals surface area contributed by atoms with Crippen molar-refractivity contribution in [3.8, 4) is 11.5 Å². The number of anilines is 1. The molecule has 1 amide bonds. The van der Waals surface area contributed by atoms with Crippen molar-refractivity contribution >= 4 is 44.7 Å². The number of aliphatic hydroxyl groups is 1. The van der Waals surface area contributed by atoms with E-state index in [0.29, 0.717) is 23.4 Å². The number of likely N-dealkylation sites (tertiary alicyclic amines) is 1. The number of hydrogen-bond donors (Lipinski definition) is 1. The van der Waals surface area contributed by atoms with Gasteiger partial charge in [0.05, 0.1) is 4.88 Å². The van der Waals surface area contributed by atoms with E-state index in [1.807, 2.05) is 58.1 Å². The number of aliphatic hydroxyl groups excluding tert-OH is 1. The number of carbonyl (C=O) groups excluding carboxylic acids is 1. The van der Waals surface area contributed by atoms with Gasteiger partial charge in [-0.15, -0.1) is 22.7 Å². The first-order chi connectivity index (χ1) is 16.2. The number of fused-ring (bicyclic) bond motifs is 1. The average molecular weight is 482 g/mol. The van der Waals surface area contributed by atoms with Crippen LogP contribution < -0.4 is 4.90 Å². The number of hydrogen-bond acceptors (Lipinski definition) is 7. The van der Waals surface area contributed by atoms with Crippen LogP contribution in [0.1, 0.15) is 28.9 Å². The number of thiazole rings is 1. The second-order valence-electron chi connectivity index (χ2n) is 8.42. The Morgan fingerprint density at radius 2 is 2.03 bits per heavy atom. The number of benzene rings is 1. The number of thiophene rings is 1. The minimum absolute atomic E-state index is 0.00510. The molecule has 3 aromatic heterocycles. The molecule has 1 fully saturated rings. The Kier molecular flexibility index (Phi) is 6.87. The lowest BCUT2D eigenvalue weighted by atomic mass is 9.98. The van der Waals surface area contributed by atoms with Gasteiger partial charge in [0.1, 0.15) is 11.3 Å². The van der Waals surface area contributed by atoms with E-state index in [9.17, 15) is 9.90 Å². The number of furan rings is 1. The van der Waals surface area contributed by atoms with Crippen LogP contribution in [-0.4, -0.2) is 53.7 Å². The Morgan fingerprint density at radius 1 is 1.18 bits per heavy atom. The van der Waals surface area contributed by atoms with Gasteiger partial charge in [0.15, 0.2) is 10.9 Å². The first kappa shape index (κ1) is 22.3. The molecule has 4 aromatic rings. The second-order valence-corrected chi connectivity index (χ2v) is 10.2. The summed E-state index contributed by atoms with van der Waals surface area (Å²) in [5.74, 6) is 1.15. The first-order valence-electron chi connectivity index (χ1n) is 11.3. The van der Waals surface area contributed by atoms with Gasteiger partial charge in [0.2, 0.25) is 0 Å². The fourth-order valence-electron chi connectivity index (χ4n) is 4.27. The van der Waals surface area contributed by atoms with E-state index in [1.165, 1.54) is 22.7 Å². The van der Waals surface area contributed by atoms with Crippen LogP contribution in [0.4, 0.5) is 5.13 Å². The maximum Gasteiger partial charge on any atom is 0.270 e. The number of amides is 1. The summed E-state index contributed by atoms with van der Waals surface area (Å²) in [5.41, 5.74) is 1.58. The predicted molar refractivity (Wildman–Crippen MR) is 134 cm³/mol. The minimum atomic E-state index is -0.00510. The van der Waals surface area contributed by atoms with Crippen LogP contribution in [0.5, 0.6) is 0 Å². The Morgan fingerprint density at radius 3 is 2.79 bits per heavy atom. The van der Waals surface area contributed by atoms with E-state index in [1.54, 1.807) is 0 Å². The monoisotopic (exact) mass is 481 g/mol. The van der Waals surface area contributed by atoms with Crippen LogP contribution in [-0.2, 0) is 0 Å². The van der Waals surface area contributed by atoms with Crippen LogP contribution in [0.3, 0.4) is 0 Å². The largest absolute Gasteiger partial charge is 0.454 e. The van der Waals surface area contributed by atoms with Gasteiger partial charge in [0.25, 0.3) is 5.91 Å². The van der Waals surface area contributed by atoms with Crippen molar-refractivity contribution in [1.82, 2.24) is 9.88 Å². The summed E-state index contributed by atoms with van der Waals surface area (Å²) in [7, 11) is 0. The molecule has 0 radical (unpaired) electrons. The van der Waals surface area contributed by atoms with E-state index < -0.39 is 0 Å². The Bertz CT molecular complexity index is 1160. The highest BCUT2D eigenvalue weighted by Gasteiger charge is 2.24. The van der Waals surface area contributed by atoms with E-state index in [-0.39, 0.29) is 12.5 Å². The molecule has 1 saturated heterocycles. The molecule has 0 spiro atoms. The van der Waals surface area contributed by atoms with E-state index in [0.717, 1.165) is 60.4 Å². The lowest BCUT2D eigenvalue weighted by molar-refractivity contribution is 0.0986. The molecule has 33 heavy (non-hydrogen) atoms. The quantitative estimate of drug-likeness (QED) is 0.367. The van der Waals surface area contributed by atoms with Gasteiger partial charge in [-0.05, 0) is 68.4 Å². The van der Waals surface area contributed by atoms with Crippen LogP contribution in [0.2, 0.25) is 0 Å². The van der Waals surface area contributed by atoms with Crippen LogP contribution in [0.15, 0.2) is 57.6 Å². The molecular formula is C25H27N3O3S2. The number of piperidine rings is 1. The Balaban J connectivity index is 1.31. The predicted octanol–water partition coefficient (Wildman–Crippen LogP) is 5.36. The molecule has 0 unspecified atom stereocenters. The van der Waals surface area contributed by atoms with Gasteiger partial charge in [-0.2, -0.15) is 0 Å². The van der Waals surface area contributed by atoms with Crippen molar-refractivity contribution in [2.45, 2.75) is 19.3 Å². The summed E-state index contributed by atoms with van der Waals surface area (Å²) in [6.07, 6.45) is 2.96. The Hall–Kier alpha value is -2.52. The normalized spacial score (nSPS) is 15.3. The first-order valence-corrected chi connectivity index (χ1v) is 13.1. The van der Waals surface area contributed by atoms with Crippen LogP contribution >= 0.6 is 22.7 Å². The number of carbonyl (C=O) groups is 1. The molecule has 5 rings (SSSR count). The lowest BCUT2D eigenvalue weighted by Gasteiger charge is -2.31. The van der Waals surface area contributed by atoms with Crippen molar-refractivity contribution in [3.05, 3.63) is 58.1 Å². The maximum atomic E-state index is 13.3. The van der Waals surface area contributed by atoms with E-state index in [4.69, 9.17) is 9.40 Å². The van der Waals surface area contributed by atoms with Gasteiger partial charge >= 0.3 is 0 Å². The summed E-state index contributed by atoms with van der Waals surface area (Å²) in [5, 5.41) is 15.0. The van der Waals surface area contributed by atoms with Crippen molar-refractivity contribution in [2.75, 3.05) is 37.7 Å². The van der Waals surface area contributed by atoms with Gasteiger partial charge < -0.3 is 14.4 Å². The maximum absolute atomic E-state index is 13.3. The van der Waals surface area contributed by atoms with Crippen molar-refractivity contribution in [1.29, 1.82) is 0 Å². The van der Waals surface area contributed by atoms with Gasteiger partial charge in [-0.1, -0.05) is 24.3 Å². The molecular weight excluding hydrogens is 454 g/mol. The summed E-state index contributed by atoms with van der Waals surface area (Å²) in [4.78, 5) is 23.0. The fraction of sp³-hybridized carbons (Fsp3) is 0.360. The zero-order chi connectivity index (χ0) is 22.6. The molecule has 0 bridgehead atoms. The lowest BCUT2D eigenvalue weighted by Crippen LogP contribution is -2.38. The zero-order valence-electron chi connectivity index (χ0n) is 18.4. The molecule has 0 aliphatic carbocycles. The standard InChI is InChI=1S/C25H27N3O3S2/c29-16-18-8-12-27(13-9-18)10-4-11-28(24(30)23-7-3-14-32-23)25-26-20(17-33-25)22-15-19-5-1-2-6-21(19)31-22/h1-3,5-7,14-15,17-18,29H,4,8-13,16H2. The highest BCUT2D eigenvalue weighted by molar-refractivity contribution is 7.14. The molecule has 1 aliphatic heterocycles. The molecule has 0 saturated carbocycles. The third-order valence-corrected chi connectivity index (χ3v) is 7.92. The van der Waals surface area contributed by atoms with Gasteiger partial charge in [-0.3, -0.25) is 9.69 Å². The number of para-hydroxylation sites is 1. The SMILES string of the molecule is O=C(c1cccs1)N(CCCN1CCC(CO)CC1)c1nc(-c2cc3ccccc3o2)cs1. The highest BCUT2D eigenvalue weighted by atomic mass is 32.1. The number of aromatic nitrogens is 1. The van der Waals surface area contributed by atoms with Crippen molar-refractivity contribution in [2.24, 2.45) is 5.92 Å². The smallest absolute Gasteiger partial charge is 0.270 e. The fourth-order valence-corrected chi connectivity index (χ4v) is 5.78. The Labute approximate surface area is 201 Å². The molecule has 8 heteroatoms. The molecule has 1 N–H and O–H groups in total. The van der Waals surface area contributed by atoms with Crippen molar-refractivity contribution in [3.63, 3.8) is 0 Å². The number of nitrogens with zero attached hydrogens (tertiary/aromatic N) is 3. The van der Waals surface area contributed by atoms with E-state index >= 15 is 0 Å². The molecule has 4 heterocycles. The molecule has 6 nitrogen and oxygen atoms in total. The third-order valence-electron chi connectivity index (χ3n) is 6.20. The summed E-state index contributed by atoms with van der Waals surface area (Å²) in [6, 6.07) is 13.7. The second kappa shape index (κ2) is 10.2. The minimum Gasteiger partial charge on any atom is -0.454 e. The van der Waals surface area contributed by atoms with Crippen LogP contribution in [0.25, 0.3) is 22.4 Å². The molecule has 1 aromatic carbocycles. The molecule has 1 aliphatic rings. The van der Waals surface area contributed by atoms with E-state index in [2.05, 4.69) is 4.90 Å². The van der Waals surface area contributed by atoms with Crippen molar-refractivity contribution < 1.29 is 14.3 Å². The number of rotatable bonds is 8. The van der Waals surface area contributed by atoms with Crippen LogP contribution in [0, 0.1) is 5.92 Å². The summed E-state index contributed by atoms with van der Waals surface area (Å²) in [6.45, 7) is 3.86. The summed E-state index contributed by atoms with van der Waals surface area (Å²) < 4.78 is 5.98. The van der Waals surface area contributed by atoms with Gasteiger partial charge in [-0.25, -0.2) is 4.98 Å². The average Bonchev–Trinajstić information content (AvgIpc) is 3.62. The van der Waals surface area contributed by atoms with Gasteiger partial charge in [0, 0.05) is 23.9 Å². The molecule has 0 atom stereocenters. The zero-order valence-corrected chi connectivity index (χ0v) is 20.0. The summed E-state index contributed by atoms with van der Waals surface area (Å²) >= 11 is 2.93. The molecule has 172 valence electrons. The third kappa shape index (κ3) is 5.04. The topological polar surface area (TPSA) is 69.8 Å².